The molecule has 0 aromatic heterocycles. The maximum atomic E-state index is 13.6. The molecule has 1 aliphatic rings. The molecule has 1 amide bonds. The minimum Gasteiger partial charge on any atom is -0.508 e. The molecule has 39 heavy (non-hydrogen) atoms. The molecule has 0 unspecified atom stereocenters. The zero-order valence-corrected chi connectivity index (χ0v) is 23.5. The summed E-state index contributed by atoms with van der Waals surface area (Å²) in [5, 5.41) is 9.69. The van der Waals surface area contributed by atoms with E-state index in [0.29, 0.717) is 29.4 Å². The highest BCUT2D eigenvalue weighted by molar-refractivity contribution is 6.06. The number of carbonyl (C=O) groups is 2. The number of phenolic OH excluding ortho intramolecular Hbond substituents is 1. The van der Waals surface area contributed by atoms with E-state index in [0.717, 1.165) is 30.5 Å². The van der Waals surface area contributed by atoms with Gasteiger partial charge in [-0.15, -0.1) is 0 Å². The number of hydrogen-bond donors (Lipinski definition) is 1. The molecular formula is C32H37NO6. The van der Waals surface area contributed by atoms with Gasteiger partial charge in [-0.25, -0.2) is 0 Å². The van der Waals surface area contributed by atoms with Crippen LogP contribution in [0, 0.1) is 5.41 Å². The van der Waals surface area contributed by atoms with Gasteiger partial charge >= 0.3 is 5.97 Å². The number of phenols is 1. The minimum absolute atomic E-state index is 0.110. The fourth-order valence-corrected chi connectivity index (χ4v) is 4.95. The molecule has 0 radical (unpaired) electrons. The first-order valence-corrected chi connectivity index (χ1v) is 13.3. The summed E-state index contributed by atoms with van der Waals surface area (Å²) in [4.78, 5) is 27.7. The van der Waals surface area contributed by atoms with E-state index in [1.807, 2.05) is 58.0 Å². The Balaban J connectivity index is 1.69. The maximum absolute atomic E-state index is 13.6. The molecule has 0 saturated heterocycles. The van der Waals surface area contributed by atoms with Crippen molar-refractivity contribution in [3.63, 3.8) is 0 Å². The van der Waals surface area contributed by atoms with E-state index in [1.54, 1.807) is 31.3 Å². The Morgan fingerprint density at radius 1 is 0.949 bits per heavy atom. The van der Waals surface area contributed by atoms with Crippen LogP contribution < -0.4 is 19.1 Å². The molecule has 0 heterocycles. The highest BCUT2D eigenvalue weighted by Crippen LogP contribution is 2.44. The van der Waals surface area contributed by atoms with Crippen molar-refractivity contribution >= 4 is 17.6 Å². The molecule has 206 valence electrons. The van der Waals surface area contributed by atoms with Gasteiger partial charge in [-0.05, 0) is 112 Å². The third-order valence-corrected chi connectivity index (χ3v) is 7.17. The second-order valence-corrected chi connectivity index (χ2v) is 10.9. The summed E-state index contributed by atoms with van der Waals surface area (Å²) in [5.41, 5.74) is 4.05. The number of esters is 1. The number of carbonyl (C=O) groups excluding carboxylic acids is 2. The van der Waals surface area contributed by atoms with Crippen molar-refractivity contribution in [2.45, 2.75) is 52.9 Å². The molecule has 0 saturated carbocycles. The predicted molar refractivity (Wildman–Crippen MR) is 151 cm³/mol. The predicted octanol–water partition coefficient (Wildman–Crippen LogP) is 6.30. The van der Waals surface area contributed by atoms with E-state index in [-0.39, 0.29) is 23.5 Å². The first-order valence-electron chi connectivity index (χ1n) is 13.3. The number of fused-ring (bicyclic) bond motifs is 1. The number of benzene rings is 3. The summed E-state index contributed by atoms with van der Waals surface area (Å²) < 4.78 is 16.9. The van der Waals surface area contributed by atoms with Crippen LogP contribution in [0.25, 0.3) is 0 Å². The van der Waals surface area contributed by atoms with Gasteiger partial charge in [-0.3, -0.25) is 9.59 Å². The first-order chi connectivity index (χ1) is 18.5. The van der Waals surface area contributed by atoms with Gasteiger partial charge in [0.1, 0.15) is 11.5 Å². The van der Waals surface area contributed by atoms with Crippen molar-refractivity contribution < 1.29 is 28.9 Å². The van der Waals surface area contributed by atoms with E-state index in [1.165, 1.54) is 23.3 Å². The average Bonchev–Trinajstić information content (AvgIpc) is 2.92. The summed E-state index contributed by atoms with van der Waals surface area (Å²) >= 11 is 0. The Morgan fingerprint density at radius 2 is 1.62 bits per heavy atom. The van der Waals surface area contributed by atoms with E-state index < -0.39 is 5.41 Å². The lowest BCUT2D eigenvalue weighted by Crippen LogP contribution is -2.32. The van der Waals surface area contributed by atoms with Crippen LogP contribution in [0.1, 0.15) is 67.1 Å². The van der Waals surface area contributed by atoms with Crippen LogP contribution >= 0.6 is 0 Å². The fourth-order valence-electron chi connectivity index (χ4n) is 4.95. The summed E-state index contributed by atoms with van der Waals surface area (Å²) in [6, 6.07) is 16.0. The van der Waals surface area contributed by atoms with Crippen LogP contribution in [0.5, 0.6) is 23.0 Å². The van der Waals surface area contributed by atoms with Gasteiger partial charge in [-0.2, -0.15) is 0 Å². The normalized spacial score (nSPS) is 14.8. The van der Waals surface area contributed by atoms with Crippen molar-refractivity contribution in [3.05, 3.63) is 76.9 Å². The maximum Gasteiger partial charge on any atom is 0.316 e. The number of anilines is 1. The molecule has 1 aliphatic carbocycles. The number of rotatable bonds is 7. The molecule has 3 aromatic carbocycles. The summed E-state index contributed by atoms with van der Waals surface area (Å²) in [6.07, 6.45) is 2.44. The van der Waals surface area contributed by atoms with Crippen LogP contribution in [0.4, 0.5) is 5.69 Å². The lowest BCUT2D eigenvalue weighted by Gasteiger charge is -2.31. The number of ether oxygens (including phenoxy) is 3. The zero-order chi connectivity index (χ0) is 28.3. The average molecular weight is 532 g/mol. The van der Waals surface area contributed by atoms with Crippen LogP contribution in [0.3, 0.4) is 0 Å². The molecule has 7 heteroatoms. The number of nitrogens with zero attached hydrogens (tertiary/aromatic N) is 1. The molecule has 0 fully saturated rings. The topological polar surface area (TPSA) is 85.3 Å². The molecule has 1 atom stereocenters. The largest absolute Gasteiger partial charge is 0.508 e. The standard InChI is InChI=1S/C32H37NO6/c1-7-33(30(35)20-10-13-24(34)14-11-20)27-19-29(38-6)28(37-5)18-26(27)23-9-8-22-17-25(15-12-21(22)16-23)39-31(36)32(2,3)4/h10-15,17-19,23,34H,7-9,16H2,1-6H3/t23-/m1/s1. The summed E-state index contributed by atoms with van der Waals surface area (Å²) in [6.45, 7) is 7.91. The molecule has 3 aromatic rings. The van der Waals surface area contributed by atoms with Gasteiger partial charge in [0.05, 0.1) is 25.3 Å². The van der Waals surface area contributed by atoms with E-state index in [4.69, 9.17) is 14.2 Å². The smallest absolute Gasteiger partial charge is 0.316 e. The van der Waals surface area contributed by atoms with Gasteiger partial charge in [0.15, 0.2) is 11.5 Å². The monoisotopic (exact) mass is 531 g/mol. The van der Waals surface area contributed by atoms with Crippen molar-refractivity contribution in [2.24, 2.45) is 5.41 Å². The van der Waals surface area contributed by atoms with Gasteiger partial charge in [0.25, 0.3) is 5.91 Å². The molecule has 0 spiro atoms. The highest BCUT2D eigenvalue weighted by atomic mass is 16.5. The number of aromatic hydroxyl groups is 1. The van der Waals surface area contributed by atoms with Gasteiger partial charge in [-0.1, -0.05) is 6.07 Å². The van der Waals surface area contributed by atoms with Crippen molar-refractivity contribution in [3.8, 4) is 23.0 Å². The molecule has 4 rings (SSSR count). The fraction of sp³-hybridized carbons (Fsp3) is 0.375. The Kier molecular flexibility index (Phi) is 8.19. The van der Waals surface area contributed by atoms with Gasteiger partial charge in [0.2, 0.25) is 0 Å². The van der Waals surface area contributed by atoms with Crippen LogP contribution in [0.15, 0.2) is 54.6 Å². The second-order valence-electron chi connectivity index (χ2n) is 10.9. The number of methoxy groups -OCH3 is 2. The van der Waals surface area contributed by atoms with E-state index >= 15 is 0 Å². The van der Waals surface area contributed by atoms with Gasteiger partial charge in [0, 0.05) is 18.2 Å². The Bertz CT molecular complexity index is 1360. The molecule has 1 N–H and O–H groups in total. The third kappa shape index (κ3) is 6.03. The molecular weight excluding hydrogens is 494 g/mol. The Labute approximate surface area is 230 Å². The number of amides is 1. The molecule has 7 nitrogen and oxygen atoms in total. The van der Waals surface area contributed by atoms with Crippen molar-refractivity contribution in [2.75, 3.05) is 25.7 Å². The van der Waals surface area contributed by atoms with Crippen LogP contribution in [-0.2, 0) is 17.6 Å². The van der Waals surface area contributed by atoms with Gasteiger partial charge < -0.3 is 24.2 Å². The first kappa shape index (κ1) is 28.0. The van der Waals surface area contributed by atoms with Crippen LogP contribution in [-0.4, -0.2) is 37.7 Å². The molecule has 0 bridgehead atoms. The summed E-state index contributed by atoms with van der Waals surface area (Å²) in [7, 11) is 3.19. The van der Waals surface area contributed by atoms with E-state index in [2.05, 4.69) is 0 Å². The molecule has 0 aliphatic heterocycles. The quantitative estimate of drug-likeness (QED) is 0.284. The second kappa shape index (κ2) is 11.4. The lowest BCUT2D eigenvalue weighted by atomic mass is 9.79. The van der Waals surface area contributed by atoms with Crippen molar-refractivity contribution in [1.29, 1.82) is 0 Å². The highest BCUT2D eigenvalue weighted by Gasteiger charge is 2.29. The third-order valence-electron chi connectivity index (χ3n) is 7.17. The minimum atomic E-state index is -0.576. The SMILES string of the molecule is CCN(C(=O)c1ccc(O)cc1)c1cc(OC)c(OC)cc1[C@@H]1CCc2cc(OC(=O)C(C)(C)C)ccc2C1. The zero-order valence-electron chi connectivity index (χ0n) is 23.5. The number of aryl methyl sites for hydroxylation is 1. The van der Waals surface area contributed by atoms with E-state index in [9.17, 15) is 14.7 Å². The lowest BCUT2D eigenvalue weighted by molar-refractivity contribution is -0.143. The summed E-state index contributed by atoms with van der Waals surface area (Å²) in [5.74, 6) is 1.55. The Morgan fingerprint density at radius 3 is 2.23 bits per heavy atom. The van der Waals surface area contributed by atoms with Crippen LogP contribution in [0.2, 0.25) is 0 Å². The number of hydrogen-bond acceptors (Lipinski definition) is 6. The van der Waals surface area contributed by atoms with Crippen molar-refractivity contribution in [1.82, 2.24) is 0 Å². The Hall–Kier alpha value is -4.00.